The molecule has 0 heterocycles. The Labute approximate surface area is 129 Å². The van der Waals surface area contributed by atoms with Gasteiger partial charge >= 0.3 is 29.6 Å². The second kappa shape index (κ2) is 7.37. The van der Waals surface area contributed by atoms with E-state index in [1.165, 1.54) is 0 Å². The molecule has 0 amide bonds. The van der Waals surface area contributed by atoms with Crippen molar-refractivity contribution >= 4 is 5.97 Å². The number of carboxylic acids is 1. The number of carbonyl (C=O) groups is 1. The molecular weight excluding hydrogens is 235 g/mol. The van der Waals surface area contributed by atoms with Gasteiger partial charge in [-0.25, -0.2) is 0 Å². The second-order valence-corrected chi connectivity index (χ2v) is 3.97. The molecule has 0 saturated carbocycles. The van der Waals surface area contributed by atoms with Crippen LogP contribution in [0.15, 0.2) is 60.7 Å². The van der Waals surface area contributed by atoms with Crippen LogP contribution in [0.2, 0.25) is 0 Å². The van der Waals surface area contributed by atoms with Crippen LogP contribution >= 0.6 is 0 Å². The maximum absolute atomic E-state index is 11.2. The minimum absolute atomic E-state index is 0. The van der Waals surface area contributed by atoms with E-state index in [9.17, 15) is 9.90 Å². The molecular formula is C15H13NaO2. The Balaban J connectivity index is 0.00000162. The van der Waals surface area contributed by atoms with Crippen LogP contribution in [0, 0.1) is 0 Å². The summed E-state index contributed by atoms with van der Waals surface area (Å²) in [4.78, 5) is 11.2. The van der Waals surface area contributed by atoms with E-state index in [2.05, 4.69) is 0 Å². The third-order valence-corrected chi connectivity index (χ3v) is 2.77. The molecule has 3 heteroatoms. The van der Waals surface area contributed by atoms with E-state index in [4.69, 9.17) is 0 Å². The SMILES string of the molecule is O=C([O-])[C@H](Cc1ccccc1)c1ccccc1.[Na+]. The van der Waals surface area contributed by atoms with Crippen LogP contribution < -0.4 is 34.7 Å². The normalized spacial score (nSPS) is 11.3. The molecule has 0 aliphatic rings. The summed E-state index contributed by atoms with van der Waals surface area (Å²) in [5, 5.41) is 11.2. The average molecular weight is 248 g/mol. The van der Waals surface area contributed by atoms with Crippen molar-refractivity contribution in [3.05, 3.63) is 71.8 Å². The smallest absolute Gasteiger partial charge is 0.549 e. The van der Waals surface area contributed by atoms with Crippen molar-refractivity contribution in [2.45, 2.75) is 12.3 Å². The van der Waals surface area contributed by atoms with E-state index < -0.39 is 11.9 Å². The average Bonchev–Trinajstić information content (AvgIpc) is 2.38. The van der Waals surface area contributed by atoms with Gasteiger partial charge in [-0.2, -0.15) is 0 Å². The fraction of sp³-hybridized carbons (Fsp3) is 0.133. The van der Waals surface area contributed by atoms with Crippen molar-refractivity contribution in [1.29, 1.82) is 0 Å². The molecule has 2 aromatic rings. The predicted molar refractivity (Wildman–Crippen MR) is 64.3 cm³/mol. The molecule has 0 fully saturated rings. The molecule has 86 valence electrons. The van der Waals surface area contributed by atoms with E-state index in [0.29, 0.717) is 6.42 Å². The number of rotatable bonds is 4. The van der Waals surface area contributed by atoms with Crippen LogP contribution in [0.1, 0.15) is 17.0 Å². The predicted octanol–water partition coefficient (Wildman–Crippen LogP) is -1.23. The van der Waals surface area contributed by atoms with Crippen molar-refractivity contribution in [1.82, 2.24) is 0 Å². The molecule has 0 N–H and O–H groups in total. The molecule has 2 nitrogen and oxygen atoms in total. The van der Waals surface area contributed by atoms with Crippen molar-refractivity contribution in [3.8, 4) is 0 Å². The monoisotopic (exact) mass is 248 g/mol. The van der Waals surface area contributed by atoms with Gasteiger partial charge in [0.1, 0.15) is 0 Å². The maximum atomic E-state index is 11.2. The van der Waals surface area contributed by atoms with Gasteiger partial charge in [0.15, 0.2) is 0 Å². The molecule has 0 unspecified atom stereocenters. The molecule has 0 aromatic heterocycles. The summed E-state index contributed by atoms with van der Waals surface area (Å²) in [6.45, 7) is 0. The molecule has 0 radical (unpaired) electrons. The Morgan fingerprint density at radius 2 is 1.44 bits per heavy atom. The van der Waals surface area contributed by atoms with Crippen LogP contribution in [0.4, 0.5) is 0 Å². The van der Waals surface area contributed by atoms with E-state index in [1.807, 2.05) is 60.7 Å². The summed E-state index contributed by atoms with van der Waals surface area (Å²) in [6, 6.07) is 18.8. The number of aliphatic carboxylic acids is 1. The van der Waals surface area contributed by atoms with Crippen LogP contribution in [0.25, 0.3) is 0 Å². The minimum atomic E-state index is -1.03. The topological polar surface area (TPSA) is 40.1 Å². The first-order chi connectivity index (χ1) is 8.27. The first-order valence-corrected chi connectivity index (χ1v) is 5.57. The van der Waals surface area contributed by atoms with Crippen molar-refractivity contribution in [2.24, 2.45) is 0 Å². The van der Waals surface area contributed by atoms with E-state index in [-0.39, 0.29) is 29.6 Å². The molecule has 0 aliphatic heterocycles. The summed E-state index contributed by atoms with van der Waals surface area (Å²) < 4.78 is 0. The van der Waals surface area contributed by atoms with Crippen molar-refractivity contribution in [3.63, 3.8) is 0 Å². The van der Waals surface area contributed by atoms with E-state index >= 15 is 0 Å². The van der Waals surface area contributed by atoms with Crippen molar-refractivity contribution < 1.29 is 39.5 Å². The van der Waals surface area contributed by atoms with Crippen LogP contribution in [0.3, 0.4) is 0 Å². The molecule has 0 spiro atoms. The van der Waals surface area contributed by atoms with Gasteiger partial charge in [-0.05, 0) is 17.5 Å². The van der Waals surface area contributed by atoms with Gasteiger partial charge in [0.2, 0.25) is 0 Å². The molecule has 1 atom stereocenters. The largest absolute Gasteiger partial charge is 1.00 e. The fourth-order valence-corrected chi connectivity index (χ4v) is 1.87. The Kier molecular flexibility index (Phi) is 6.13. The fourth-order valence-electron chi connectivity index (χ4n) is 1.87. The molecule has 0 saturated heterocycles. The standard InChI is InChI=1S/C15H14O2.Na/c16-15(17)14(13-9-5-2-6-10-13)11-12-7-3-1-4-8-12;/h1-10,14H,11H2,(H,16,17);/q;+1/p-1/t14-;/m1./s1. The molecule has 0 aliphatic carbocycles. The Hall–Kier alpha value is -1.09. The number of carboxylic acid groups (broad SMARTS) is 1. The minimum Gasteiger partial charge on any atom is -0.549 e. The van der Waals surface area contributed by atoms with Gasteiger partial charge in [-0.3, -0.25) is 0 Å². The Morgan fingerprint density at radius 3 is 1.94 bits per heavy atom. The quantitative estimate of drug-likeness (QED) is 0.635. The first kappa shape index (κ1) is 15.0. The third-order valence-electron chi connectivity index (χ3n) is 2.77. The van der Waals surface area contributed by atoms with Crippen molar-refractivity contribution in [2.75, 3.05) is 0 Å². The maximum Gasteiger partial charge on any atom is 1.00 e. The van der Waals surface area contributed by atoms with Gasteiger partial charge in [0.05, 0.1) is 0 Å². The molecule has 18 heavy (non-hydrogen) atoms. The van der Waals surface area contributed by atoms with Gasteiger partial charge in [0.25, 0.3) is 0 Å². The summed E-state index contributed by atoms with van der Waals surface area (Å²) in [5.74, 6) is -1.61. The molecule has 2 rings (SSSR count). The van der Waals surface area contributed by atoms with Gasteiger partial charge in [0, 0.05) is 11.9 Å². The van der Waals surface area contributed by atoms with Crippen LogP contribution in [-0.4, -0.2) is 5.97 Å². The van der Waals surface area contributed by atoms with Gasteiger partial charge < -0.3 is 9.90 Å². The number of hydrogen-bond donors (Lipinski definition) is 0. The summed E-state index contributed by atoms with van der Waals surface area (Å²) in [7, 11) is 0. The van der Waals surface area contributed by atoms with Gasteiger partial charge in [-0.15, -0.1) is 0 Å². The number of carbonyl (C=O) groups excluding carboxylic acids is 1. The summed E-state index contributed by atoms with van der Waals surface area (Å²) in [5.41, 5.74) is 1.79. The second-order valence-electron chi connectivity index (χ2n) is 3.97. The van der Waals surface area contributed by atoms with Gasteiger partial charge in [-0.1, -0.05) is 60.7 Å². The van der Waals surface area contributed by atoms with Crippen LogP contribution in [0.5, 0.6) is 0 Å². The van der Waals surface area contributed by atoms with E-state index in [0.717, 1.165) is 11.1 Å². The zero-order chi connectivity index (χ0) is 12.1. The third kappa shape index (κ3) is 3.98. The summed E-state index contributed by atoms with van der Waals surface area (Å²) in [6.07, 6.45) is 0.465. The number of benzene rings is 2. The zero-order valence-corrected chi connectivity index (χ0v) is 12.4. The zero-order valence-electron chi connectivity index (χ0n) is 10.4. The van der Waals surface area contributed by atoms with Crippen LogP contribution in [-0.2, 0) is 11.2 Å². The number of hydrogen-bond acceptors (Lipinski definition) is 2. The first-order valence-electron chi connectivity index (χ1n) is 5.57. The summed E-state index contributed by atoms with van der Waals surface area (Å²) >= 11 is 0. The molecule has 2 aromatic carbocycles. The molecule has 0 bridgehead atoms. The Morgan fingerprint density at radius 1 is 0.944 bits per heavy atom. The van der Waals surface area contributed by atoms with E-state index in [1.54, 1.807) is 0 Å². The Bertz CT molecular complexity index is 482.